The van der Waals surface area contributed by atoms with Crippen LogP contribution < -0.4 is 10.6 Å². The van der Waals surface area contributed by atoms with E-state index >= 15 is 0 Å². The van der Waals surface area contributed by atoms with E-state index in [-0.39, 0.29) is 59.0 Å². The number of amides is 1. The van der Waals surface area contributed by atoms with Crippen molar-refractivity contribution in [3.63, 3.8) is 0 Å². The molecule has 0 aromatic heterocycles. The van der Waals surface area contributed by atoms with Crippen molar-refractivity contribution < 1.29 is 9.53 Å². The number of nitrogens with one attached hydrogen (secondary N) is 2. The number of carbonyl (C=O) groups is 1. The Bertz CT molecular complexity index is 488. The molecule has 148 valence electrons. The molecular weight excluding hydrogens is 431 g/mol. The SMILES string of the molecule is CCN=C(NC1CC(C)(OC)C1(C)C)N(C)CC(=O)NC(C)(C)C.I. The van der Waals surface area contributed by atoms with Gasteiger partial charge in [-0.15, -0.1) is 24.0 Å². The highest BCUT2D eigenvalue weighted by Gasteiger charge is 2.58. The summed E-state index contributed by atoms with van der Waals surface area (Å²) in [4.78, 5) is 18.6. The maximum absolute atomic E-state index is 12.2. The standard InChI is InChI=1S/C18H36N4O2.HI/c1-10-19-15(22(8)12-14(23)21-16(2,3)4)20-13-11-18(7,24-9)17(13,5)6;/h13H,10-12H2,1-9H3,(H,19,20)(H,21,23);1H. The van der Waals surface area contributed by atoms with Crippen LogP contribution in [0.2, 0.25) is 0 Å². The average Bonchev–Trinajstić information content (AvgIpc) is 2.43. The van der Waals surface area contributed by atoms with Crippen molar-refractivity contribution >= 4 is 35.8 Å². The van der Waals surface area contributed by atoms with Crippen LogP contribution in [0.5, 0.6) is 0 Å². The van der Waals surface area contributed by atoms with E-state index in [2.05, 4.69) is 36.4 Å². The fourth-order valence-corrected chi connectivity index (χ4v) is 3.05. The van der Waals surface area contributed by atoms with Crippen LogP contribution >= 0.6 is 24.0 Å². The smallest absolute Gasteiger partial charge is 0.240 e. The molecule has 2 atom stereocenters. The van der Waals surface area contributed by atoms with E-state index < -0.39 is 0 Å². The van der Waals surface area contributed by atoms with Gasteiger partial charge in [0.1, 0.15) is 0 Å². The maximum Gasteiger partial charge on any atom is 0.240 e. The molecular formula is C18H37IN4O2. The van der Waals surface area contributed by atoms with Crippen molar-refractivity contribution in [3.05, 3.63) is 0 Å². The maximum atomic E-state index is 12.2. The number of carbonyl (C=O) groups excluding carboxylic acids is 1. The minimum absolute atomic E-state index is 0. The fraction of sp³-hybridized carbons (Fsp3) is 0.889. The van der Waals surface area contributed by atoms with Crippen LogP contribution in [0, 0.1) is 5.41 Å². The van der Waals surface area contributed by atoms with Crippen LogP contribution in [0.4, 0.5) is 0 Å². The summed E-state index contributed by atoms with van der Waals surface area (Å²) in [6.45, 7) is 15.4. The third kappa shape index (κ3) is 5.98. The summed E-state index contributed by atoms with van der Waals surface area (Å²) in [7, 11) is 3.66. The van der Waals surface area contributed by atoms with Crippen molar-refractivity contribution in [2.24, 2.45) is 10.4 Å². The molecule has 0 heterocycles. The summed E-state index contributed by atoms with van der Waals surface area (Å²) < 4.78 is 5.68. The number of aliphatic imine (C=N–C) groups is 1. The Hall–Kier alpha value is -0.570. The lowest BCUT2D eigenvalue weighted by molar-refractivity contribution is -0.177. The Morgan fingerprint density at radius 1 is 1.32 bits per heavy atom. The Kier molecular flexibility index (Phi) is 8.68. The van der Waals surface area contributed by atoms with Crippen molar-refractivity contribution in [1.82, 2.24) is 15.5 Å². The van der Waals surface area contributed by atoms with Gasteiger partial charge >= 0.3 is 0 Å². The Morgan fingerprint density at radius 2 is 1.88 bits per heavy atom. The summed E-state index contributed by atoms with van der Waals surface area (Å²) in [5, 5.41) is 6.50. The van der Waals surface area contributed by atoms with Crippen molar-refractivity contribution in [1.29, 1.82) is 0 Å². The number of rotatable bonds is 5. The van der Waals surface area contributed by atoms with Gasteiger partial charge in [-0.25, -0.2) is 0 Å². The predicted octanol–water partition coefficient (Wildman–Crippen LogP) is 2.62. The van der Waals surface area contributed by atoms with Gasteiger partial charge in [-0.3, -0.25) is 9.79 Å². The van der Waals surface area contributed by atoms with Gasteiger partial charge in [-0.2, -0.15) is 0 Å². The third-order valence-electron chi connectivity index (χ3n) is 5.15. The molecule has 1 fully saturated rings. The fourth-order valence-electron chi connectivity index (χ4n) is 3.05. The lowest BCUT2D eigenvalue weighted by Gasteiger charge is -2.59. The number of guanidine groups is 1. The number of likely N-dealkylation sites (N-methyl/N-ethyl adjacent to an activating group) is 1. The summed E-state index contributed by atoms with van der Waals surface area (Å²) in [6, 6.07) is 0.265. The van der Waals surface area contributed by atoms with Crippen LogP contribution in [-0.4, -0.2) is 61.2 Å². The summed E-state index contributed by atoms with van der Waals surface area (Å²) >= 11 is 0. The first-order valence-electron chi connectivity index (χ1n) is 8.74. The summed E-state index contributed by atoms with van der Waals surface area (Å²) in [6.07, 6.45) is 0.918. The number of nitrogens with zero attached hydrogens (tertiary/aromatic N) is 2. The zero-order valence-electron chi connectivity index (χ0n) is 17.3. The molecule has 7 heteroatoms. The second kappa shape index (κ2) is 8.88. The normalized spacial score (nSPS) is 25.5. The molecule has 1 aliphatic carbocycles. The minimum atomic E-state index is -0.232. The Labute approximate surface area is 170 Å². The van der Waals surface area contributed by atoms with E-state index in [9.17, 15) is 4.79 Å². The van der Waals surface area contributed by atoms with Crippen LogP contribution in [0.25, 0.3) is 0 Å². The summed E-state index contributed by atoms with van der Waals surface area (Å²) in [5.74, 6) is 0.753. The first-order valence-corrected chi connectivity index (χ1v) is 8.74. The molecule has 0 radical (unpaired) electrons. The largest absolute Gasteiger partial charge is 0.378 e. The Balaban J connectivity index is 0.00000576. The number of hydrogen-bond donors (Lipinski definition) is 2. The quantitative estimate of drug-likeness (QED) is 0.370. The van der Waals surface area contributed by atoms with Gasteiger partial charge in [0.2, 0.25) is 5.91 Å². The molecule has 0 spiro atoms. The van der Waals surface area contributed by atoms with E-state index in [1.54, 1.807) is 7.11 Å². The number of halogens is 1. The van der Waals surface area contributed by atoms with E-state index in [0.29, 0.717) is 6.54 Å². The second-order valence-electron chi connectivity index (χ2n) is 8.51. The molecule has 0 aliphatic heterocycles. The average molecular weight is 468 g/mol. The third-order valence-corrected chi connectivity index (χ3v) is 5.15. The molecule has 1 rings (SSSR count). The molecule has 1 amide bonds. The molecule has 2 N–H and O–H groups in total. The van der Waals surface area contributed by atoms with Gasteiger partial charge in [0.15, 0.2) is 5.96 Å². The van der Waals surface area contributed by atoms with Crippen molar-refractivity contribution in [2.75, 3.05) is 27.2 Å². The number of methoxy groups -OCH3 is 1. The van der Waals surface area contributed by atoms with Crippen LogP contribution in [0.15, 0.2) is 4.99 Å². The molecule has 25 heavy (non-hydrogen) atoms. The predicted molar refractivity (Wildman–Crippen MR) is 115 cm³/mol. The monoisotopic (exact) mass is 468 g/mol. The Morgan fingerprint density at radius 3 is 2.28 bits per heavy atom. The molecule has 0 bridgehead atoms. The molecule has 6 nitrogen and oxygen atoms in total. The van der Waals surface area contributed by atoms with Gasteiger partial charge in [0, 0.05) is 37.7 Å². The minimum Gasteiger partial charge on any atom is -0.378 e. The van der Waals surface area contributed by atoms with Gasteiger partial charge in [-0.05, 0) is 41.0 Å². The zero-order chi connectivity index (χ0) is 18.8. The van der Waals surface area contributed by atoms with Crippen LogP contribution in [0.1, 0.15) is 54.9 Å². The highest BCUT2D eigenvalue weighted by molar-refractivity contribution is 14.0. The van der Waals surface area contributed by atoms with Gasteiger partial charge in [0.05, 0.1) is 12.1 Å². The molecule has 2 unspecified atom stereocenters. The van der Waals surface area contributed by atoms with Crippen molar-refractivity contribution in [2.45, 2.75) is 72.1 Å². The van der Waals surface area contributed by atoms with Crippen LogP contribution in [-0.2, 0) is 9.53 Å². The van der Waals surface area contributed by atoms with Gasteiger partial charge in [0.25, 0.3) is 0 Å². The molecule has 0 aromatic rings. The van der Waals surface area contributed by atoms with Gasteiger partial charge < -0.3 is 20.3 Å². The van der Waals surface area contributed by atoms with E-state index in [1.807, 2.05) is 39.6 Å². The van der Waals surface area contributed by atoms with E-state index in [0.717, 1.165) is 12.4 Å². The highest BCUT2D eigenvalue weighted by atomic mass is 127. The summed E-state index contributed by atoms with van der Waals surface area (Å²) in [5.41, 5.74) is -0.376. The molecule has 1 saturated carbocycles. The molecule has 1 aliphatic rings. The van der Waals surface area contributed by atoms with Crippen molar-refractivity contribution in [3.8, 4) is 0 Å². The van der Waals surface area contributed by atoms with E-state index in [1.165, 1.54) is 0 Å². The lowest BCUT2D eigenvalue weighted by atomic mass is 9.56. The number of hydrogen-bond acceptors (Lipinski definition) is 3. The highest BCUT2D eigenvalue weighted by Crippen LogP contribution is 2.51. The number of ether oxygens (including phenoxy) is 1. The second-order valence-corrected chi connectivity index (χ2v) is 8.51. The van der Waals surface area contributed by atoms with Gasteiger partial charge in [-0.1, -0.05) is 13.8 Å². The first-order chi connectivity index (χ1) is 10.9. The zero-order valence-corrected chi connectivity index (χ0v) is 19.6. The topological polar surface area (TPSA) is 66.0 Å². The first kappa shape index (κ1) is 24.4. The van der Waals surface area contributed by atoms with Crippen LogP contribution in [0.3, 0.4) is 0 Å². The molecule has 0 saturated heterocycles. The molecule has 0 aromatic carbocycles. The lowest BCUT2D eigenvalue weighted by Crippen LogP contribution is -2.69. The van der Waals surface area contributed by atoms with E-state index in [4.69, 9.17) is 4.74 Å².